The van der Waals surface area contributed by atoms with Crippen LogP contribution in [0.15, 0.2) is 84.9 Å². The Morgan fingerprint density at radius 3 is 1.76 bits per heavy atom. The molecular weight excluding hydrogens is 428 g/mol. The van der Waals surface area contributed by atoms with Gasteiger partial charge in [0.1, 0.15) is 6.29 Å². The zero-order valence-electron chi connectivity index (χ0n) is 20.2. The first-order valence-electron chi connectivity index (χ1n) is 11.3. The average molecular weight is 463 g/mol. The van der Waals surface area contributed by atoms with Gasteiger partial charge in [-0.1, -0.05) is 99.6 Å². The Kier molecular flexibility index (Phi) is 8.38. The van der Waals surface area contributed by atoms with Crippen molar-refractivity contribution in [3.8, 4) is 0 Å². The summed E-state index contributed by atoms with van der Waals surface area (Å²) < 4.78 is 18.1. The van der Waals surface area contributed by atoms with Gasteiger partial charge in [0.05, 0.1) is 6.10 Å². The van der Waals surface area contributed by atoms with Crippen LogP contribution >= 0.6 is 0 Å². The lowest BCUT2D eigenvalue weighted by Crippen LogP contribution is -2.66. The van der Waals surface area contributed by atoms with E-state index >= 15 is 0 Å². The predicted octanol–water partition coefficient (Wildman–Crippen LogP) is 5.18. The number of hydrogen-bond donors (Lipinski definition) is 0. The van der Waals surface area contributed by atoms with Gasteiger partial charge < -0.3 is 18.7 Å². The van der Waals surface area contributed by atoms with Crippen LogP contribution in [0.4, 0.5) is 0 Å². The first-order chi connectivity index (χ1) is 15.9. The van der Waals surface area contributed by atoms with E-state index in [2.05, 4.69) is 69.3 Å². The molecule has 3 aromatic rings. The molecule has 0 spiro atoms. The lowest BCUT2D eigenvalue weighted by molar-refractivity contribution is -0.109. The fourth-order valence-electron chi connectivity index (χ4n) is 4.52. The van der Waals surface area contributed by atoms with Crippen molar-refractivity contribution in [2.75, 3.05) is 14.2 Å². The van der Waals surface area contributed by atoms with E-state index in [0.717, 1.165) is 17.4 Å². The summed E-state index contributed by atoms with van der Waals surface area (Å²) in [6, 6.07) is 28.9. The molecule has 0 aliphatic carbocycles. The number of ether oxygens (including phenoxy) is 2. The molecule has 33 heavy (non-hydrogen) atoms. The number of hydrogen-bond acceptors (Lipinski definition) is 4. The van der Waals surface area contributed by atoms with Crippen LogP contribution in [-0.4, -0.2) is 28.8 Å². The van der Waals surface area contributed by atoms with Gasteiger partial charge >= 0.3 is 0 Å². The van der Waals surface area contributed by atoms with Gasteiger partial charge in [-0.15, -0.1) is 0 Å². The number of benzene rings is 3. The summed E-state index contributed by atoms with van der Waals surface area (Å²) in [7, 11) is 0.412. The molecule has 0 N–H and O–H groups in total. The molecule has 1 atom stereocenters. The highest BCUT2D eigenvalue weighted by Crippen LogP contribution is 2.40. The summed E-state index contributed by atoms with van der Waals surface area (Å²) >= 11 is 0. The summed E-state index contributed by atoms with van der Waals surface area (Å²) in [4.78, 5) is 11.8. The lowest BCUT2D eigenvalue weighted by atomic mass is 10.0. The van der Waals surface area contributed by atoms with Gasteiger partial charge in [0.25, 0.3) is 8.32 Å². The Bertz CT molecular complexity index is 971. The Morgan fingerprint density at radius 2 is 1.30 bits per heavy atom. The average Bonchev–Trinajstić information content (AvgIpc) is 2.83. The molecule has 0 radical (unpaired) electrons. The molecule has 174 valence electrons. The van der Waals surface area contributed by atoms with Crippen molar-refractivity contribution in [2.24, 2.45) is 0 Å². The molecular formula is C28H34O4Si. The molecule has 0 aliphatic heterocycles. The Balaban J connectivity index is 2.18. The third kappa shape index (κ3) is 5.33. The van der Waals surface area contributed by atoms with Gasteiger partial charge in [-0.25, -0.2) is 0 Å². The van der Waals surface area contributed by atoms with E-state index in [1.807, 2.05) is 36.4 Å². The molecule has 0 saturated heterocycles. The molecule has 1 unspecified atom stereocenters. The van der Waals surface area contributed by atoms with Crippen LogP contribution in [0.25, 0.3) is 0 Å². The topological polar surface area (TPSA) is 44.8 Å². The first-order valence-corrected chi connectivity index (χ1v) is 13.2. The quantitative estimate of drug-likeness (QED) is 0.236. The summed E-state index contributed by atoms with van der Waals surface area (Å²) in [6.07, 6.45) is 0.329. The highest BCUT2D eigenvalue weighted by Gasteiger charge is 2.51. The molecule has 3 rings (SSSR count). The van der Waals surface area contributed by atoms with Crippen LogP contribution in [0.2, 0.25) is 5.04 Å². The minimum absolute atomic E-state index is 0.184. The molecule has 3 aromatic carbocycles. The van der Waals surface area contributed by atoms with E-state index in [-0.39, 0.29) is 11.5 Å². The molecule has 5 heteroatoms. The third-order valence-corrected chi connectivity index (χ3v) is 11.1. The van der Waals surface area contributed by atoms with Crippen LogP contribution in [0.1, 0.15) is 50.7 Å². The number of carbonyl (C=O) groups excluding carboxylic acids is 1. The van der Waals surface area contributed by atoms with Gasteiger partial charge in [0.2, 0.25) is 0 Å². The van der Waals surface area contributed by atoms with Crippen molar-refractivity contribution in [1.29, 1.82) is 0 Å². The second-order valence-corrected chi connectivity index (χ2v) is 13.4. The van der Waals surface area contributed by atoms with Crippen molar-refractivity contribution in [3.05, 3.63) is 96.1 Å². The maximum absolute atomic E-state index is 11.8. The maximum atomic E-state index is 11.8. The van der Waals surface area contributed by atoms with Crippen molar-refractivity contribution < 1.29 is 18.7 Å². The molecule has 0 heterocycles. The van der Waals surface area contributed by atoms with Gasteiger partial charge in [0, 0.05) is 26.2 Å². The standard InChI is InChI=1S/C28H34O4Si/c1-28(2,3)33(24-15-8-6-9-16-24,25-17-10-7-11-18-25)32-26(19-20-29)22-13-12-14-23(21-22)27(30-4)31-5/h6-18,20-21,26-27H,19H2,1-5H3. The van der Waals surface area contributed by atoms with Crippen molar-refractivity contribution >= 4 is 25.0 Å². The smallest absolute Gasteiger partial charge is 0.261 e. The second-order valence-electron chi connectivity index (χ2n) is 9.15. The molecule has 0 bridgehead atoms. The summed E-state index contributed by atoms with van der Waals surface area (Å²) in [5.41, 5.74) is 1.83. The van der Waals surface area contributed by atoms with Crippen LogP contribution in [0, 0.1) is 0 Å². The number of carbonyl (C=O) groups is 1. The largest absolute Gasteiger partial charge is 0.400 e. The molecule has 0 saturated carbocycles. The van der Waals surface area contributed by atoms with Crippen molar-refractivity contribution in [1.82, 2.24) is 0 Å². The molecule has 0 fully saturated rings. The maximum Gasteiger partial charge on any atom is 0.261 e. The monoisotopic (exact) mass is 462 g/mol. The zero-order chi connectivity index (χ0) is 23.9. The summed E-state index contributed by atoms with van der Waals surface area (Å²) in [5.74, 6) is 0. The highest BCUT2D eigenvalue weighted by molar-refractivity contribution is 6.99. The first kappa shape index (κ1) is 25.1. The van der Waals surface area contributed by atoms with Gasteiger partial charge in [-0.05, 0) is 27.0 Å². The van der Waals surface area contributed by atoms with E-state index in [1.165, 1.54) is 10.4 Å². The molecule has 4 nitrogen and oxygen atoms in total. The lowest BCUT2D eigenvalue weighted by Gasteiger charge is -2.45. The fourth-order valence-corrected chi connectivity index (χ4v) is 9.19. The van der Waals surface area contributed by atoms with Crippen LogP contribution in [-0.2, 0) is 18.7 Å². The molecule has 0 amide bonds. The van der Waals surface area contributed by atoms with E-state index in [9.17, 15) is 4.79 Å². The van der Waals surface area contributed by atoms with Crippen LogP contribution in [0.3, 0.4) is 0 Å². The zero-order valence-corrected chi connectivity index (χ0v) is 21.2. The Hall–Kier alpha value is -2.57. The minimum atomic E-state index is -2.81. The predicted molar refractivity (Wildman–Crippen MR) is 135 cm³/mol. The normalized spacial score (nSPS) is 13.2. The highest BCUT2D eigenvalue weighted by atomic mass is 28.4. The number of aldehydes is 1. The van der Waals surface area contributed by atoms with Crippen molar-refractivity contribution in [3.63, 3.8) is 0 Å². The van der Waals surface area contributed by atoms with E-state index < -0.39 is 20.7 Å². The summed E-state index contributed by atoms with van der Waals surface area (Å²) in [6.45, 7) is 6.71. The Morgan fingerprint density at radius 1 is 0.788 bits per heavy atom. The van der Waals surface area contributed by atoms with Crippen molar-refractivity contribution in [2.45, 2.75) is 44.6 Å². The van der Waals surface area contributed by atoms with Gasteiger partial charge in [-0.3, -0.25) is 0 Å². The van der Waals surface area contributed by atoms with Gasteiger partial charge in [0.15, 0.2) is 6.29 Å². The molecule has 0 aromatic heterocycles. The number of methoxy groups -OCH3 is 2. The minimum Gasteiger partial charge on any atom is -0.400 e. The van der Waals surface area contributed by atoms with Crippen LogP contribution in [0.5, 0.6) is 0 Å². The summed E-state index contributed by atoms with van der Waals surface area (Å²) in [5, 5.41) is 2.18. The van der Waals surface area contributed by atoms with E-state index in [0.29, 0.717) is 0 Å². The van der Waals surface area contributed by atoms with E-state index in [1.54, 1.807) is 14.2 Å². The fraction of sp³-hybridized carbons (Fsp3) is 0.321. The van der Waals surface area contributed by atoms with Crippen LogP contribution < -0.4 is 10.4 Å². The molecule has 0 aliphatic rings. The second kappa shape index (κ2) is 11.0. The Labute approximate surface area is 198 Å². The third-order valence-electron chi connectivity index (χ3n) is 6.03. The number of rotatable bonds is 10. The van der Waals surface area contributed by atoms with Gasteiger partial charge in [-0.2, -0.15) is 0 Å². The SMILES string of the molecule is COC(OC)c1cccc(C(CC=O)O[Si](c2ccccc2)(c2ccccc2)C(C)(C)C)c1. The van der Waals surface area contributed by atoms with E-state index in [4.69, 9.17) is 13.9 Å².